The van der Waals surface area contributed by atoms with E-state index >= 15 is 0 Å². The molecule has 0 rings (SSSR count). The predicted octanol–water partition coefficient (Wildman–Crippen LogP) is 0.131. The molecule has 0 atom stereocenters. The second-order valence-corrected chi connectivity index (χ2v) is 11.8. The van der Waals surface area contributed by atoms with Gasteiger partial charge in [0.1, 0.15) is 0 Å². The summed E-state index contributed by atoms with van der Waals surface area (Å²) in [6.07, 6.45) is 0. The minimum absolute atomic E-state index is 0.703. The summed E-state index contributed by atoms with van der Waals surface area (Å²) in [5, 5.41) is 25.1. The van der Waals surface area contributed by atoms with Gasteiger partial charge < -0.3 is 0 Å². The second-order valence-electron chi connectivity index (χ2n) is 2.61. The number of carboxylic acid groups (broad SMARTS) is 3. The number of carbonyl (C=O) groups is 3. The molecule has 0 unspecified atom stereocenters. The Morgan fingerprint density at radius 3 is 1.21 bits per heavy atom. The Morgan fingerprint density at radius 1 is 0.857 bits per heavy atom. The molecule has 0 heterocycles. The van der Waals surface area contributed by atoms with Crippen molar-refractivity contribution in [1.29, 1.82) is 1.27 Å². The third kappa shape index (κ3) is 5.99. The summed E-state index contributed by atoms with van der Waals surface area (Å²) in [5.41, 5.74) is 0. The zero-order valence-electron chi connectivity index (χ0n) is 7.04. The van der Waals surface area contributed by atoms with E-state index in [0.29, 0.717) is 0 Å². The average Bonchev–Trinajstić information content (AvgIpc) is 1.76. The Morgan fingerprint density at radius 2 is 1.07 bits per heavy atom. The maximum atomic E-state index is 10.3. The van der Waals surface area contributed by atoms with Crippen molar-refractivity contribution < 1.29 is 61.6 Å². The van der Waals surface area contributed by atoms with Crippen LogP contribution in [0.25, 0.3) is 0 Å². The zero-order valence-corrected chi connectivity index (χ0v) is 9.66. The van der Waals surface area contributed by atoms with Gasteiger partial charge in [0.2, 0.25) is 0 Å². The third-order valence-corrected chi connectivity index (χ3v) is 8.72. The number of aliphatic carboxylic acids is 3. The molecule has 14 heavy (non-hydrogen) atoms. The van der Waals surface area contributed by atoms with Crippen LogP contribution in [-0.2, 0) is 14.4 Å². The van der Waals surface area contributed by atoms with E-state index in [0.717, 1.165) is 0 Å². The van der Waals surface area contributed by atoms with Gasteiger partial charge >= 0.3 is 87.2 Å². The molecular weight excluding hydrogens is 332 g/mol. The van der Waals surface area contributed by atoms with Crippen molar-refractivity contribution >= 4 is 17.9 Å². The Labute approximate surface area is 86.4 Å². The molecule has 0 aliphatic carbocycles. The molecule has 0 aliphatic heterocycles. The van der Waals surface area contributed by atoms with Crippen molar-refractivity contribution in [2.45, 2.75) is 6.41 Å². The van der Waals surface area contributed by atoms with E-state index in [1.54, 1.807) is 0 Å². The van der Waals surface area contributed by atoms with Crippen LogP contribution in [0.15, 0.2) is 0 Å². The van der Waals surface area contributed by atoms with Gasteiger partial charge in [-0.2, -0.15) is 0 Å². The van der Waals surface area contributed by atoms with Crippen molar-refractivity contribution in [3.63, 3.8) is 0 Å². The van der Waals surface area contributed by atoms with E-state index in [2.05, 4.69) is 0 Å². The van der Waals surface area contributed by atoms with Gasteiger partial charge in [0.25, 0.3) is 0 Å². The van der Waals surface area contributed by atoms with Crippen LogP contribution in [0.5, 0.6) is 0 Å². The van der Waals surface area contributed by atoms with Gasteiger partial charge in [0.05, 0.1) is 0 Å². The van der Waals surface area contributed by atoms with E-state index in [4.69, 9.17) is 15.3 Å². The molecule has 0 amide bonds. The molecule has 0 aromatic heterocycles. The van der Waals surface area contributed by atoms with Crippen LogP contribution in [0.2, 0.25) is 6.41 Å². The van der Waals surface area contributed by atoms with Crippen molar-refractivity contribution in [2.24, 2.45) is 0 Å². The van der Waals surface area contributed by atoms with Crippen molar-refractivity contribution in [3.8, 4) is 0 Å². The summed E-state index contributed by atoms with van der Waals surface area (Å²) in [7, 11) is 0. The zero-order chi connectivity index (χ0) is 11.4. The Hall–Kier alpha value is -0.542. The normalized spacial score (nSPS) is 10.8. The van der Waals surface area contributed by atoms with Gasteiger partial charge in [-0.25, -0.2) is 0 Å². The van der Waals surface area contributed by atoms with E-state index < -0.39 is 56.2 Å². The van der Waals surface area contributed by atoms with Crippen LogP contribution in [0.1, 0.15) is 0 Å². The number of carboxylic acids is 3. The van der Waals surface area contributed by atoms with Gasteiger partial charge in [0, 0.05) is 0 Å². The summed E-state index contributed by atoms with van der Waals surface area (Å²) >= 11 is -4.49. The Kier molecular flexibility index (Phi) is 5.16. The van der Waals surface area contributed by atoms with Gasteiger partial charge in [0.15, 0.2) is 0 Å². The molecule has 0 aromatic carbocycles. The Balaban J connectivity index is 4.69. The first-order valence-corrected chi connectivity index (χ1v) is 10.1. The van der Waals surface area contributed by atoms with Crippen molar-refractivity contribution in [3.05, 3.63) is 0 Å². The van der Waals surface area contributed by atoms with Gasteiger partial charge in [-0.1, -0.05) is 0 Å². The van der Waals surface area contributed by atoms with Gasteiger partial charge in [-0.3, -0.25) is 0 Å². The first kappa shape index (κ1) is 13.5. The Bertz CT molecular complexity index is 311. The summed E-state index contributed by atoms with van der Waals surface area (Å²) in [6, 6.07) is 0. The SMILES string of the molecule is [N]#[Sm]([CH2]C(=O)O)([CH2]C(=O)O)[CH2]C(=O)O. The van der Waals surface area contributed by atoms with E-state index in [-0.39, 0.29) is 0 Å². The van der Waals surface area contributed by atoms with Gasteiger partial charge in [-0.05, 0) is 0 Å². The fraction of sp³-hybridized carbons (Fsp3) is 0.500. The molecule has 0 radical (unpaired) electrons. The first-order chi connectivity index (χ1) is 6.25. The summed E-state index contributed by atoms with van der Waals surface area (Å²) in [4.78, 5) is 30.9. The van der Waals surface area contributed by atoms with E-state index in [1.807, 2.05) is 0 Å². The molecule has 7 nitrogen and oxygen atoms in total. The number of hydrogen-bond acceptors (Lipinski definition) is 4. The first-order valence-electron chi connectivity index (χ1n) is 3.39. The topological polar surface area (TPSA) is 136 Å². The quantitative estimate of drug-likeness (QED) is 0.663. The molecule has 0 aliphatic rings. The average molecular weight is 341 g/mol. The fourth-order valence-electron chi connectivity index (χ4n) is 0.843. The minimum atomic E-state index is -4.49. The van der Waals surface area contributed by atoms with Crippen LogP contribution in [0.4, 0.5) is 0 Å². The van der Waals surface area contributed by atoms with Crippen LogP contribution in [0.3, 0.4) is 0 Å². The molecular formula is C6H9NO6Sm. The molecule has 8 heteroatoms. The molecule has 0 fully saturated rings. The molecule has 0 bridgehead atoms. The molecule has 0 spiro atoms. The second kappa shape index (κ2) is 5.37. The number of hydrogen-bond donors (Lipinski definition) is 3. The summed E-state index contributed by atoms with van der Waals surface area (Å²) in [5.74, 6) is -4.07. The van der Waals surface area contributed by atoms with E-state index in [9.17, 15) is 15.7 Å². The standard InChI is InChI=1S/3C2H3O2.N.Sm/c3*1-2(3)4;;/h3*1H2,(H,3,4);;. The van der Waals surface area contributed by atoms with Gasteiger partial charge in [-0.15, -0.1) is 0 Å². The summed E-state index contributed by atoms with van der Waals surface area (Å²) < 4.78 is 7.48. The molecule has 0 saturated carbocycles. The number of rotatable bonds is 3. The van der Waals surface area contributed by atoms with E-state index in [1.165, 1.54) is 0 Å². The van der Waals surface area contributed by atoms with Crippen LogP contribution < -0.4 is 0 Å². The third-order valence-electron chi connectivity index (χ3n) is 1.18. The van der Waals surface area contributed by atoms with Crippen molar-refractivity contribution in [1.82, 2.24) is 0 Å². The number of nitrogens with zero attached hydrogens (tertiary/aromatic N) is 1. The maximum absolute atomic E-state index is 10.3. The molecule has 0 aromatic rings. The van der Waals surface area contributed by atoms with Crippen molar-refractivity contribution in [2.75, 3.05) is 0 Å². The summed E-state index contributed by atoms with van der Waals surface area (Å²) in [6.45, 7) is 0. The monoisotopic (exact) mass is 343 g/mol. The van der Waals surface area contributed by atoms with Crippen LogP contribution >= 0.6 is 0 Å². The molecule has 0 saturated heterocycles. The van der Waals surface area contributed by atoms with Crippen LogP contribution in [0, 0.1) is 33.2 Å². The predicted molar refractivity (Wildman–Crippen MR) is 39.1 cm³/mol. The van der Waals surface area contributed by atoms with Crippen LogP contribution in [-0.4, -0.2) is 33.2 Å². The molecule has 80 valence electrons. The molecule has 3 N–H and O–H groups in total. The fourth-order valence-corrected chi connectivity index (χ4v) is 6.25.